The lowest BCUT2D eigenvalue weighted by Crippen LogP contribution is -2.42. The van der Waals surface area contributed by atoms with Gasteiger partial charge >= 0.3 is 0 Å². The fourth-order valence-corrected chi connectivity index (χ4v) is 4.35. The van der Waals surface area contributed by atoms with E-state index in [1.165, 1.54) is 10.9 Å². The van der Waals surface area contributed by atoms with Crippen molar-refractivity contribution in [1.82, 2.24) is 20.0 Å². The van der Waals surface area contributed by atoms with Gasteiger partial charge in [-0.1, -0.05) is 25.1 Å². The van der Waals surface area contributed by atoms with Gasteiger partial charge in [-0.05, 0) is 49.1 Å². The number of benzene rings is 2. The Morgan fingerprint density at radius 2 is 1.89 bits per heavy atom. The first kappa shape index (κ1) is 25.5. The number of nitrogens with zero attached hydrogens (tertiary/aromatic N) is 3. The Morgan fingerprint density at radius 1 is 1.11 bits per heavy atom. The Morgan fingerprint density at radius 3 is 2.63 bits per heavy atom. The third kappa shape index (κ3) is 5.55. The van der Waals surface area contributed by atoms with Gasteiger partial charge in [0.1, 0.15) is 11.6 Å². The van der Waals surface area contributed by atoms with Crippen LogP contribution < -0.4 is 15.8 Å². The summed E-state index contributed by atoms with van der Waals surface area (Å²) < 4.78 is 12.5. The van der Waals surface area contributed by atoms with Gasteiger partial charge in [-0.2, -0.15) is 5.10 Å². The van der Waals surface area contributed by atoms with Crippen molar-refractivity contribution in [3.05, 3.63) is 70.9 Å². The van der Waals surface area contributed by atoms with Crippen molar-refractivity contribution in [1.29, 1.82) is 0 Å². The summed E-state index contributed by atoms with van der Waals surface area (Å²) in [6.45, 7) is 3.99. The molecule has 2 aliphatic rings. The van der Waals surface area contributed by atoms with Crippen LogP contribution in [0.1, 0.15) is 51.6 Å². The monoisotopic (exact) mass is 517 g/mol. The van der Waals surface area contributed by atoms with Gasteiger partial charge in [0, 0.05) is 30.3 Å². The van der Waals surface area contributed by atoms with Gasteiger partial charge in [-0.15, -0.1) is 0 Å². The molecule has 2 heterocycles. The van der Waals surface area contributed by atoms with E-state index in [4.69, 9.17) is 15.2 Å². The maximum absolute atomic E-state index is 13.4. The maximum atomic E-state index is 13.4. The first-order valence-corrected chi connectivity index (χ1v) is 12.9. The van der Waals surface area contributed by atoms with Crippen LogP contribution in [0.25, 0.3) is 5.69 Å². The summed E-state index contributed by atoms with van der Waals surface area (Å²) in [6, 6.07) is 12.3. The molecule has 2 amide bonds. The minimum atomic E-state index is -0.320. The highest BCUT2D eigenvalue weighted by atomic mass is 16.5. The highest BCUT2D eigenvalue weighted by Gasteiger charge is 2.25. The molecule has 0 bridgehead atoms. The van der Waals surface area contributed by atoms with E-state index in [-0.39, 0.29) is 41.6 Å². The second-order valence-corrected chi connectivity index (χ2v) is 9.44. The molecule has 1 saturated carbocycles. The Bertz CT molecular complexity index is 1360. The molecular formula is C28H31N5O5. The number of anilines is 1. The van der Waals surface area contributed by atoms with Crippen molar-refractivity contribution in [2.75, 3.05) is 38.6 Å². The van der Waals surface area contributed by atoms with Crippen LogP contribution in [0.15, 0.2) is 48.7 Å². The zero-order valence-electron chi connectivity index (χ0n) is 21.3. The van der Waals surface area contributed by atoms with Gasteiger partial charge in [0.05, 0.1) is 30.7 Å². The Kier molecular flexibility index (Phi) is 7.41. The van der Waals surface area contributed by atoms with Gasteiger partial charge in [-0.25, -0.2) is 4.68 Å². The third-order valence-electron chi connectivity index (χ3n) is 6.74. The number of amides is 2. The fourth-order valence-electron chi connectivity index (χ4n) is 4.35. The molecule has 198 valence electrons. The molecule has 2 aromatic carbocycles. The van der Waals surface area contributed by atoms with Gasteiger partial charge in [-0.3, -0.25) is 14.4 Å². The molecule has 10 nitrogen and oxygen atoms in total. The van der Waals surface area contributed by atoms with E-state index < -0.39 is 0 Å². The van der Waals surface area contributed by atoms with E-state index in [0.717, 1.165) is 18.4 Å². The number of hydrogen-bond acceptors (Lipinski definition) is 7. The fraction of sp³-hybridized carbons (Fsp3) is 0.357. The first-order valence-electron chi connectivity index (χ1n) is 12.9. The zero-order valence-corrected chi connectivity index (χ0v) is 21.3. The first-order chi connectivity index (χ1) is 18.4. The Hall–Kier alpha value is -4.18. The van der Waals surface area contributed by atoms with E-state index >= 15 is 0 Å². The van der Waals surface area contributed by atoms with Crippen LogP contribution in [0.5, 0.6) is 5.75 Å². The number of carbonyl (C=O) groups excluding carboxylic acids is 3. The number of carbonyl (C=O) groups is 3. The highest BCUT2D eigenvalue weighted by Crippen LogP contribution is 2.26. The second kappa shape index (κ2) is 11.1. The molecule has 1 aliphatic carbocycles. The third-order valence-corrected chi connectivity index (χ3v) is 6.74. The Balaban J connectivity index is 1.33. The van der Waals surface area contributed by atoms with Crippen molar-refractivity contribution >= 4 is 23.4 Å². The number of rotatable bonds is 9. The average Bonchev–Trinajstić information content (AvgIpc) is 3.69. The smallest absolute Gasteiger partial charge is 0.260 e. The number of aryl methyl sites for hydroxylation is 1. The van der Waals surface area contributed by atoms with E-state index in [9.17, 15) is 14.4 Å². The molecule has 2 fully saturated rings. The Labute approximate surface area is 220 Å². The SMILES string of the molecule is CCc1ccc(C(=O)NC2CC2)cc1-n1ncc(C(=O)c2cccc(OCC(=O)N3CCOCC3)c2)c1N. The molecule has 10 heteroatoms. The minimum Gasteiger partial charge on any atom is -0.484 e. The molecule has 0 radical (unpaired) electrons. The topological polar surface area (TPSA) is 129 Å². The van der Waals surface area contributed by atoms with Crippen molar-refractivity contribution in [2.45, 2.75) is 32.2 Å². The summed E-state index contributed by atoms with van der Waals surface area (Å²) in [4.78, 5) is 40.1. The molecule has 3 aromatic rings. The van der Waals surface area contributed by atoms with Crippen molar-refractivity contribution in [2.24, 2.45) is 0 Å². The van der Waals surface area contributed by atoms with Crippen LogP contribution in [0, 0.1) is 0 Å². The van der Waals surface area contributed by atoms with E-state index in [0.29, 0.717) is 55.3 Å². The molecular weight excluding hydrogens is 486 g/mol. The molecule has 0 unspecified atom stereocenters. The lowest BCUT2D eigenvalue weighted by atomic mass is 10.0. The second-order valence-electron chi connectivity index (χ2n) is 9.44. The standard InChI is InChI=1S/C28H31N5O5/c1-2-18-6-7-20(28(36)31-21-8-9-21)15-24(18)33-27(29)23(16-30-33)26(35)19-4-3-5-22(14-19)38-17-25(34)32-10-12-37-13-11-32/h3-7,14-16,21H,2,8-13,17,29H2,1H3,(H,31,36). The summed E-state index contributed by atoms with van der Waals surface area (Å²) in [5.41, 5.74) is 9.14. The molecule has 0 atom stereocenters. The number of hydrogen-bond donors (Lipinski definition) is 2. The van der Waals surface area contributed by atoms with E-state index in [2.05, 4.69) is 10.4 Å². The van der Waals surface area contributed by atoms with Crippen LogP contribution >= 0.6 is 0 Å². The lowest BCUT2D eigenvalue weighted by molar-refractivity contribution is -0.137. The lowest BCUT2D eigenvalue weighted by Gasteiger charge is -2.26. The van der Waals surface area contributed by atoms with E-state index in [1.54, 1.807) is 41.3 Å². The number of nitrogens with one attached hydrogen (secondary N) is 1. The highest BCUT2D eigenvalue weighted by molar-refractivity contribution is 6.12. The van der Waals surface area contributed by atoms with E-state index in [1.807, 2.05) is 13.0 Å². The predicted molar refractivity (Wildman–Crippen MR) is 141 cm³/mol. The summed E-state index contributed by atoms with van der Waals surface area (Å²) in [5.74, 6) is 0.00129. The number of nitrogens with two attached hydrogens (primary N) is 1. The van der Waals surface area contributed by atoms with Crippen molar-refractivity contribution < 1.29 is 23.9 Å². The zero-order chi connectivity index (χ0) is 26.6. The molecule has 38 heavy (non-hydrogen) atoms. The van der Waals surface area contributed by atoms with Gasteiger partial charge in [0.2, 0.25) is 0 Å². The van der Waals surface area contributed by atoms with Gasteiger partial charge < -0.3 is 25.4 Å². The number of aromatic nitrogens is 2. The quantitative estimate of drug-likeness (QED) is 0.417. The minimum absolute atomic E-state index is 0.123. The molecule has 1 saturated heterocycles. The average molecular weight is 518 g/mol. The van der Waals surface area contributed by atoms with Crippen LogP contribution in [-0.2, 0) is 16.0 Å². The van der Waals surface area contributed by atoms with Crippen LogP contribution in [-0.4, -0.2) is 71.2 Å². The molecule has 3 N–H and O–H groups in total. The number of ether oxygens (including phenoxy) is 2. The molecule has 0 spiro atoms. The summed E-state index contributed by atoms with van der Waals surface area (Å²) in [5, 5.41) is 7.39. The van der Waals surface area contributed by atoms with Crippen LogP contribution in [0.2, 0.25) is 0 Å². The summed E-state index contributed by atoms with van der Waals surface area (Å²) in [7, 11) is 0. The van der Waals surface area contributed by atoms with Gasteiger partial charge in [0.15, 0.2) is 12.4 Å². The molecule has 1 aliphatic heterocycles. The number of ketones is 1. The number of nitrogen functional groups attached to an aromatic ring is 1. The van der Waals surface area contributed by atoms with Crippen molar-refractivity contribution in [3.8, 4) is 11.4 Å². The molecule has 5 rings (SSSR count). The molecule has 1 aromatic heterocycles. The number of morpholine rings is 1. The normalized spacial score (nSPS) is 15.2. The summed E-state index contributed by atoms with van der Waals surface area (Å²) in [6.07, 6.45) is 4.13. The van der Waals surface area contributed by atoms with Crippen LogP contribution in [0.3, 0.4) is 0 Å². The van der Waals surface area contributed by atoms with Crippen molar-refractivity contribution in [3.63, 3.8) is 0 Å². The summed E-state index contributed by atoms with van der Waals surface area (Å²) >= 11 is 0. The van der Waals surface area contributed by atoms with Gasteiger partial charge in [0.25, 0.3) is 11.8 Å². The largest absolute Gasteiger partial charge is 0.484 e. The maximum Gasteiger partial charge on any atom is 0.260 e. The predicted octanol–water partition coefficient (Wildman–Crippen LogP) is 2.38. The van der Waals surface area contributed by atoms with Crippen LogP contribution in [0.4, 0.5) is 5.82 Å².